The van der Waals surface area contributed by atoms with Crippen molar-refractivity contribution >= 4 is 5.97 Å². The first-order chi connectivity index (χ1) is 11.7. The van der Waals surface area contributed by atoms with Crippen molar-refractivity contribution < 1.29 is 14.6 Å². The molecular weight excluding hydrogens is 302 g/mol. The van der Waals surface area contributed by atoms with Gasteiger partial charge in [0.15, 0.2) is 0 Å². The maximum atomic E-state index is 11.1. The van der Waals surface area contributed by atoms with Gasteiger partial charge in [0.25, 0.3) is 0 Å². The summed E-state index contributed by atoms with van der Waals surface area (Å²) in [5.41, 5.74) is 2.61. The fourth-order valence-corrected chi connectivity index (χ4v) is 2.73. The van der Waals surface area contributed by atoms with Gasteiger partial charge in [-0.2, -0.15) is 0 Å². The van der Waals surface area contributed by atoms with Gasteiger partial charge in [-0.1, -0.05) is 42.5 Å². The van der Waals surface area contributed by atoms with Crippen LogP contribution in [0.2, 0.25) is 0 Å². The predicted molar refractivity (Wildman–Crippen MR) is 95.3 cm³/mol. The van der Waals surface area contributed by atoms with Gasteiger partial charge in [0.05, 0.1) is 5.56 Å². The Morgan fingerprint density at radius 3 is 2.58 bits per heavy atom. The lowest BCUT2D eigenvalue weighted by molar-refractivity contribution is 0.0696. The molecule has 128 valence electrons. The molecule has 1 atom stereocenters. The summed E-state index contributed by atoms with van der Waals surface area (Å²) in [6.45, 7) is 1.41. The summed E-state index contributed by atoms with van der Waals surface area (Å²) in [6.07, 6.45) is 2.96. The summed E-state index contributed by atoms with van der Waals surface area (Å²) < 4.78 is 5.15. The number of carboxylic acids is 1. The Kier molecular flexibility index (Phi) is 7.46. The molecule has 2 aromatic rings. The Hall–Kier alpha value is -2.17. The molecule has 0 heterocycles. The number of hydrogen-bond donors (Lipinski definition) is 2. The zero-order chi connectivity index (χ0) is 17.2. The molecule has 0 fully saturated rings. The molecule has 0 aliphatic rings. The zero-order valence-electron chi connectivity index (χ0n) is 14.1. The summed E-state index contributed by atoms with van der Waals surface area (Å²) in [7, 11) is 1.72. The van der Waals surface area contributed by atoms with Gasteiger partial charge in [0, 0.05) is 26.3 Å². The van der Waals surface area contributed by atoms with Crippen molar-refractivity contribution in [1.29, 1.82) is 0 Å². The number of benzene rings is 2. The highest BCUT2D eigenvalue weighted by atomic mass is 16.5. The number of nitrogens with one attached hydrogen (secondary N) is 1. The van der Waals surface area contributed by atoms with E-state index in [2.05, 4.69) is 29.6 Å². The van der Waals surface area contributed by atoms with E-state index < -0.39 is 5.97 Å². The molecule has 1 unspecified atom stereocenters. The normalized spacial score (nSPS) is 12.0. The molecule has 2 aromatic carbocycles. The highest BCUT2D eigenvalue weighted by Crippen LogP contribution is 2.10. The molecule has 0 bridgehead atoms. The highest BCUT2D eigenvalue weighted by molar-refractivity contribution is 5.87. The Morgan fingerprint density at radius 1 is 1.12 bits per heavy atom. The smallest absolute Gasteiger partial charge is 0.335 e. The van der Waals surface area contributed by atoms with E-state index in [-0.39, 0.29) is 0 Å². The van der Waals surface area contributed by atoms with Crippen LogP contribution in [0, 0.1) is 0 Å². The van der Waals surface area contributed by atoms with Crippen LogP contribution >= 0.6 is 0 Å². The van der Waals surface area contributed by atoms with Gasteiger partial charge in [-0.15, -0.1) is 0 Å². The fourth-order valence-electron chi connectivity index (χ4n) is 2.73. The van der Waals surface area contributed by atoms with Crippen LogP contribution < -0.4 is 5.32 Å². The Balaban J connectivity index is 1.96. The molecule has 0 spiro atoms. The summed E-state index contributed by atoms with van der Waals surface area (Å²) >= 11 is 0. The van der Waals surface area contributed by atoms with Crippen molar-refractivity contribution in [2.45, 2.75) is 31.8 Å². The SMILES string of the molecule is COCCCC(Cc1ccccc1)NCc1cccc(C(=O)O)c1. The fraction of sp³-hybridized carbons (Fsp3) is 0.350. The Labute approximate surface area is 143 Å². The topological polar surface area (TPSA) is 58.6 Å². The van der Waals surface area contributed by atoms with E-state index >= 15 is 0 Å². The average molecular weight is 327 g/mol. The second-order valence-electron chi connectivity index (χ2n) is 5.91. The number of aromatic carboxylic acids is 1. The van der Waals surface area contributed by atoms with Crippen LogP contribution in [0.1, 0.15) is 34.3 Å². The molecule has 0 radical (unpaired) electrons. The minimum atomic E-state index is -0.891. The van der Waals surface area contributed by atoms with Gasteiger partial charge in [-0.25, -0.2) is 4.79 Å². The van der Waals surface area contributed by atoms with Crippen molar-refractivity contribution in [2.24, 2.45) is 0 Å². The second kappa shape index (κ2) is 9.85. The van der Waals surface area contributed by atoms with Crippen molar-refractivity contribution in [2.75, 3.05) is 13.7 Å². The maximum Gasteiger partial charge on any atom is 0.335 e. The van der Waals surface area contributed by atoms with Crippen LogP contribution in [0.25, 0.3) is 0 Å². The Morgan fingerprint density at radius 2 is 1.88 bits per heavy atom. The molecule has 24 heavy (non-hydrogen) atoms. The van der Waals surface area contributed by atoms with E-state index in [0.717, 1.165) is 31.4 Å². The third-order valence-corrected chi connectivity index (χ3v) is 3.99. The van der Waals surface area contributed by atoms with E-state index in [1.165, 1.54) is 5.56 Å². The number of carbonyl (C=O) groups is 1. The third-order valence-electron chi connectivity index (χ3n) is 3.99. The van der Waals surface area contributed by atoms with Crippen molar-refractivity contribution in [3.05, 3.63) is 71.3 Å². The third kappa shape index (κ3) is 6.14. The number of ether oxygens (including phenoxy) is 1. The first-order valence-corrected chi connectivity index (χ1v) is 8.27. The first kappa shape index (κ1) is 18.2. The molecule has 0 amide bonds. The zero-order valence-corrected chi connectivity index (χ0v) is 14.1. The van der Waals surface area contributed by atoms with Gasteiger partial charge in [-0.3, -0.25) is 0 Å². The monoisotopic (exact) mass is 327 g/mol. The lowest BCUT2D eigenvalue weighted by atomic mass is 10.0. The number of rotatable bonds is 10. The maximum absolute atomic E-state index is 11.1. The minimum Gasteiger partial charge on any atom is -0.478 e. The number of methoxy groups -OCH3 is 1. The van der Waals surface area contributed by atoms with Gasteiger partial charge >= 0.3 is 5.97 Å². The lowest BCUT2D eigenvalue weighted by Crippen LogP contribution is -2.31. The predicted octanol–water partition coefficient (Wildman–Crippen LogP) is 3.51. The first-order valence-electron chi connectivity index (χ1n) is 8.27. The largest absolute Gasteiger partial charge is 0.478 e. The van der Waals surface area contributed by atoms with Gasteiger partial charge in [0.2, 0.25) is 0 Å². The van der Waals surface area contributed by atoms with Crippen LogP contribution in [0.15, 0.2) is 54.6 Å². The van der Waals surface area contributed by atoms with Crippen LogP contribution in [0.4, 0.5) is 0 Å². The molecule has 2 rings (SSSR count). The Bertz CT molecular complexity index is 628. The van der Waals surface area contributed by atoms with Gasteiger partial charge in [-0.05, 0) is 42.5 Å². The van der Waals surface area contributed by atoms with E-state index in [0.29, 0.717) is 18.2 Å². The van der Waals surface area contributed by atoms with Gasteiger partial charge in [0.1, 0.15) is 0 Å². The highest BCUT2D eigenvalue weighted by Gasteiger charge is 2.10. The van der Waals surface area contributed by atoms with Crippen LogP contribution in [-0.4, -0.2) is 30.8 Å². The molecule has 0 saturated carbocycles. The van der Waals surface area contributed by atoms with Crippen LogP contribution in [0.5, 0.6) is 0 Å². The van der Waals surface area contributed by atoms with Crippen molar-refractivity contribution in [1.82, 2.24) is 5.32 Å². The van der Waals surface area contributed by atoms with E-state index in [1.807, 2.05) is 12.1 Å². The standard InChI is InChI=1S/C20H25NO3/c1-24-12-6-11-19(14-16-7-3-2-4-8-16)21-15-17-9-5-10-18(13-17)20(22)23/h2-5,7-10,13,19,21H,6,11-12,14-15H2,1H3,(H,22,23). The van der Waals surface area contributed by atoms with Crippen molar-refractivity contribution in [3.8, 4) is 0 Å². The molecule has 4 nitrogen and oxygen atoms in total. The summed E-state index contributed by atoms with van der Waals surface area (Å²) in [5.74, 6) is -0.891. The average Bonchev–Trinajstić information content (AvgIpc) is 2.61. The van der Waals surface area contributed by atoms with Crippen LogP contribution in [-0.2, 0) is 17.7 Å². The van der Waals surface area contributed by atoms with Crippen molar-refractivity contribution in [3.63, 3.8) is 0 Å². The van der Waals surface area contributed by atoms with E-state index in [1.54, 1.807) is 25.3 Å². The molecule has 0 aliphatic heterocycles. The quantitative estimate of drug-likeness (QED) is 0.656. The molecule has 4 heteroatoms. The summed E-state index contributed by atoms with van der Waals surface area (Å²) in [6, 6.07) is 17.8. The minimum absolute atomic E-state index is 0.327. The summed E-state index contributed by atoms with van der Waals surface area (Å²) in [5, 5.41) is 12.7. The number of carboxylic acid groups (broad SMARTS) is 1. The molecule has 2 N–H and O–H groups in total. The van der Waals surface area contributed by atoms with E-state index in [9.17, 15) is 4.79 Å². The molecule has 0 aliphatic carbocycles. The molecular formula is C20H25NO3. The molecule has 0 saturated heterocycles. The summed E-state index contributed by atoms with van der Waals surface area (Å²) in [4.78, 5) is 11.1. The molecule has 0 aromatic heterocycles. The van der Waals surface area contributed by atoms with Gasteiger partial charge < -0.3 is 15.2 Å². The van der Waals surface area contributed by atoms with Crippen LogP contribution in [0.3, 0.4) is 0 Å². The second-order valence-corrected chi connectivity index (χ2v) is 5.91. The van der Waals surface area contributed by atoms with E-state index in [4.69, 9.17) is 9.84 Å². The number of hydrogen-bond acceptors (Lipinski definition) is 3. The lowest BCUT2D eigenvalue weighted by Gasteiger charge is -2.19.